The molecule has 0 saturated heterocycles. The molecule has 1 N–H and O–H groups in total. The molecule has 0 aliphatic carbocycles. The molecule has 3 nitrogen and oxygen atoms in total. The summed E-state index contributed by atoms with van der Waals surface area (Å²) in [6.07, 6.45) is 1.88. The third kappa shape index (κ3) is 1.79. The van der Waals surface area contributed by atoms with Gasteiger partial charge in [-0.05, 0) is 18.2 Å². The Morgan fingerprint density at radius 1 is 1.60 bits per heavy atom. The van der Waals surface area contributed by atoms with Gasteiger partial charge in [0, 0.05) is 19.6 Å². The van der Waals surface area contributed by atoms with Crippen molar-refractivity contribution in [2.75, 3.05) is 29.9 Å². The maximum atomic E-state index is 8.85. The lowest BCUT2D eigenvalue weighted by Crippen LogP contribution is -2.34. The predicted octanol–water partition coefficient (Wildman–Crippen LogP) is 1.98. The van der Waals surface area contributed by atoms with Crippen molar-refractivity contribution in [3.05, 3.63) is 36.4 Å². The van der Waals surface area contributed by atoms with Crippen LogP contribution in [0.2, 0.25) is 0 Å². The maximum absolute atomic E-state index is 8.85. The molecule has 0 bridgehead atoms. The Labute approximate surface area is 89.6 Å². The first kappa shape index (κ1) is 9.60. The molecule has 0 fully saturated rings. The van der Waals surface area contributed by atoms with Crippen molar-refractivity contribution in [1.29, 1.82) is 5.26 Å². The van der Waals surface area contributed by atoms with Crippen LogP contribution in [0.15, 0.2) is 30.9 Å². The Morgan fingerprint density at radius 2 is 2.47 bits per heavy atom. The van der Waals surface area contributed by atoms with E-state index in [0.717, 1.165) is 31.0 Å². The summed E-state index contributed by atoms with van der Waals surface area (Å²) in [6, 6.07) is 7.88. The van der Waals surface area contributed by atoms with Crippen LogP contribution in [0.3, 0.4) is 0 Å². The van der Waals surface area contributed by atoms with Gasteiger partial charge >= 0.3 is 0 Å². The number of benzene rings is 1. The molecule has 0 atom stereocenters. The van der Waals surface area contributed by atoms with Gasteiger partial charge < -0.3 is 10.2 Å². The molecule has 1 aromatic rings. The van der Waals surface area contributed by atoms with Crippen LogP contribution in [0.25, 0.3) is 0 Å². The molecule has 76 valence electrons. The number of fused-ring (bicyclic) bond motifs is 1. The second-order valence-corrected chi connectivity index (χ2v) is 3.51. The third-order valence-corrected chi connectivity index (χ3v) is 2.51. The quantitative estimate of drug-likeness (QED) is 0.740. The van der Waals surface area contributed by atoms with Crippen LogP contribution >= 0.6 is 0 Å². The topological polar surface area (TPSA) is 39.1 Å². The summed E-state index contributed by atoms with van der Waals surface area (Å²) in [6.45, 7) is 6.46. The van der Waals surface area contributed by atoms with E-state index in [1.165, 1.54) is 0 Å². The van der Waals surface area contributed by atoms with Gasteiger partial charge in [0.25, 0.3) is 0 Å². The third-order valence-electron chi connectivity index (χ3n) is 2.51. The standard InChI is InChI=1S/C12H13N3/c1-2-6-15-7-5-14-11-4-3-10(9-13)8-12(11)15/h2-4,8,14H,1,5-7H2. The van der Waals surface area contributed by atoms with Crippen molar-refractivity contribution in [3.63, 3.8) is 0 Å². The minimum Gasteiger partial charge on any atom is -0.382 e. The Balaban J connectivity index is 2.39. The van der Waals surface area contributed by atoms with Crippen LogP contribution in [0.4, 0.5) is 11.4 Å². The van der Waals surface area contributed by atoms with Crippen molar-refractivity contribution < 1.29 is 0 Å². The highest BCUT2D eigenvalue weighted by molar-refractivity contribution is 5.74. The number of anilines is 2. The Bertz CT molecular complexity index is 417. The SMILES string of the molecule is C=CCN1CCNc2ccc(C#N)cc21. The van der Waals surface area contributed by atoms with E-state index in [9.17, 15) is 0 Å². The largest absolute Gasteiger partial charge is 0.382 e. The Morgan fingerprint density at radius 3 is 3.20 bits per heavy atom. The highest BCUT2D eigenvalue weighted by Crippen LogP contribution is 2.29. The van der Waals surface area contributed by atoms with Gasteiger partial charge in [0.05, 0.1) is 23.0 Å². The second-order valence-electron chi connectivity index (χ2n) is 3.51. The van der Waals surface area contributed by atoms with Gasteiger partial charge in [0.15, 0.2) is 0 Å². The van der Waals surface area contributed by atoms with E-state index in [1.807, 2.05) is 24.3 Å². The smallest absolute Gasteiger partial charge is 0.0992 e. The molecule has 0 aromatic heterocycles. The Hall–Kier alpha value is -1.95. The van der Waals surface area contributed by atoms with Gasteiger partial charge in [-0.3, -0.25) is 0 Å². The van der Waals surface area contributed by atoms with Gasteiger partial charge in [0.1, 0.15) is 0 Å². The second kappa shape index (κ2) is 4.05. The van der Waals surface area contributed by atoms with E-state index in [-0.39, 0.29) is 0 Å². The molecule has 1 aliphatic heterocycles. The fraction of sp³-hybridized carbons (Fsp3) is 0.250. The normalized spacial score (nSPS) is 13.7. The molecular weight excluding hydrogens is 186 g/mol. The zero-order valence-electron chi connectivity index (χ0n) is 8.53. The minimum absolute atomic E-state index is 0.700. The minimum atomic E-state index is 0.700. The van der Waals surface area contributed by atoms with Crippen LogP contribution in [0.1, 0.15) is 5.56 Å². The number of nitriles is 1. The van der Waals surface area contributed by atoms with Crippen molar-refractivity contribution in [3.8, 4) is 6.07 Å². The summed E-state index contributed by atoms with van der Waals surface area (Å²) >= 11 is 0. The fourth-order valence-corrected chi connectivity index (χ4v) is 1.80. The number of hydrogen-bond donors (Lipinski definition) is 1. The maximum Gasteiger partial charge on any atom is 0.0992 e. The average Bonchev–Trinajstić information content (AvgIpc) is 2.29. The lowest BCUT2D eigenvalue weighted by atomic mass is 10.1. The summed E-state index contributed by atoms with van der Waals surface area (Å²) in [5.41, 5.74) is 2.90. The zero-order valence-corrected chi connectivity index (χ0v) is 8.53. The van der Waals surface area contributed by atoms with Crippen molar-refractivity contribution in [2.45, 2.75) is 0 Å². The molecule has 1 heterocycles. The molecule has 3 heteroatoms. The molecule has 0 unspecified atom stereocenters. The van der Waals surface area contributed by atoms with E-state index in [2.05, 4.69) is 22.9 Å². The molecule has 1 aromatic carbocycles. The van der Waals surface area contributed by atoms with Gasteiger partial charge in [-0.2, -0.15) is 5.26 Å². The first-order chi connectivity index (χ1) is 7.35. The lowest BCUT2D eigenvalue weighted by molar-refractivity contribution is 0.844. The zero-order chi connectivity index (χ0) is 10.7. The highest BCUT2D eigenvalue weighted by atomic mass is 15.2. The summed E-state index contributed by atoms with van der Waals surface area (Å²) < 4.78 is 0. The molecule has 0 radical (unpaired) electrons. The molecular formula is C12H13N3. The molecule has 15 heavy (non-hydrogen) atoms. The van der Waals surface area contributed by atoms with Gasteiger partial charge in [-0.15, -0.1) is 6.58 Å². The first-order valence-corrected chi connectivity index (χ1v) is 4.99. The van der Waals surface area contributed by atoms with E-state index in [4.69, 9.17) is 5.26 Å². The van der Waals surface area contributed by atoms with Crippen molar-refractivity contribution in [1.82, 2.24) is 0 Å². The van der Waals surface area contributed by atoms with Crippen LogP contribution in [-0.4, -0.2) is 19.6 Å². The number of hydrogen-bond acceptors (Lipinski definition) is 3. The lowest BCUT2D eigenvalue weighted by Gasteiger charge is -2.31. The summed E-state index contributed by atoms with van der Waals surface area (Å²) in [5, 5.41) is 12.2. The molecule has 0 amide bonds. The van der Waals surface area contributed by atoms with Gasteiger partial charge in [-0.25, -0.2) is 0 Å². The average molecular weight is 199 g/mol. The molecule has 1 aliphatic rings. The van der Waals surface area contributed by atoms with E-state index < -0.39 is 0 Å². The molecule has 0 saturated carbocycles. The molecule has 2 rings (SSSR count). The monoisotopic (exact) mass is 199 g/mol. The van der Waals surface area contributed by atoms with Crippen LogP contribution in [0.5, 0.6) is 0 Å². The van der Waals surface area contributed by atoms with E-state index in [1.54, 1.807) is 0 Å². The van der Waals surface area contributed by atoms with Crippen molar-refractivity contribution in [2.24, 2.45) is 0 Å². The highest BCUT2D eigenvalue weighted by Gasteiger charge is 2.15. The van der Waals surface area contributed by atoms with Crippen LogP contribution in [-0.2, 0) is 0 Å². The van der Waals surface area contributed by atoms with Gasteiger partial charge in [-0.1, -0.05) is 6.08 Å². The van der Waals surface area contributed by atoms with E-state index in [0.29, 0.717) is 5.56 Å². The first-order valence-electron chi connectivity index (χ1n) is 4.99. The summed E-state index contributed by atoms with van der Waals surface area (Å²) in [5.74, 6) is 0. The van der Waals surface area contributed by atoms with E-state index >= 15 is 0 Å². The summed E-state index contributed by atoms with van der Waals surface area (Å²) in [4.78, 5) is 2.22. The fourth-order valence-electron chi connectivity index (χ4n) is 1.80. The number of nitrogens with one attached hydrogen (secondary N) is 1. The van der Waals surface area contributed by atoms with Crippen molar-refractivity contribution >= 4 is 11.4 Å². The summed E-state index contributed by atoms with van der Waals surface area (Å²) in [7, 11) is 0. The Kier molecular flexibility index (Phi) is 2.59. The number of nitrogens with zero attached hydrogens (tertiary/aromatic N) is 2. The van der Waals surface area contributed by atoms with Crippen LogP contribution < -0.4 is 10.2 Å². The number of rotatable bonds is 2. The molecule has 0 spiro atoms. The van der Waals surface area contributed by atoms with Gasteiger partial charge in [0.2, 0.25) is 0 Å². The predicted molar refractivity (Wildman–Crippen MR) is 62.1 cm³/mol. The van der Waals surface area contributed by atoms with Crippen LogP contribution in [0, 0.1) is 11.3 Å².